The van der Waals surface area contributed by atoms with Crippen LogP contribution in [0.2, 0.25) is 0 Å². The predicted molar refractivity (Wildman–Crippen MR) is 158 cm³/mol. The van der Waals surface area contributed by atoms with Gasteiger partial charge in [0, 0.05) is 19.2 Å². The highest BCUT2D eigenvalue weighted by Crippen LogP contribution is 2.27. The number of hydrogen-bond acceptors (Lipinski definition) is 7. The minimum absolute atomic E-state index is 0.0972. The SMILES string of the molecule is COC(=O)COc1ccc2cc(C(=O)N(C)Cc3cccc(-c4ccc(CC5SC(=O)NC5=O)cc4)c3)ccc2c1. The fourth-order valence-corrected chi connectivity index (χ4v) is 5.50. The van der Waals surface area contributed by atoms with E-state index in [9.17, 15) is 19.2 Å². The minimum Gasteiger partial charge on any atom is -0.482 e. The normalized spacial score (nSPS) is 14.5. The zero-order chi connectivity index (χ0) is 28.9. The van der Waals surface area contributed by atoms with E-state index in [0.29, 0.717) is 24.3 Å². The monoisotopic (exact) mass is 568 g/mol. The van der Waals surface area contributed by atoms with Crippen LogP contribution in [0.4, 0.5) is 4.79 Å². The molecule has 3 amide bonds. The quantitative estimate of drug-likeness (QED) is 0.276. The molecule has 0 spiro atoms. The molecule has 0 bridgehead atoms. The molecule has 5 rings (SSSR count). The Morgan fingerprint density at radius 2 is 1.63 bits per heavy atom. The van der Waals surface area contributed by atoms with Gasteiger partial charge in [-0.15, -0.1) is 0 Å². The van der Waals surface area contributed by atoms with Crippen molar-refractivity contribution in [3.63, 3.8) is 0 Å². The van der Waals surface area contributed by atoms with Gasteiger partial charge < -0.3 is 14.4 Å². The molecule has 0 saturated carbocycles. The van der Waals surface area contributed by atoms with Crippen molar-refractivity contribution < 1.29 is 28.7 Å². The molecule has 1 N–H and O–H groups in total. The van der Waals surface area contributed by atoms with E-state index in [2.05, 4.69) is 16.1 Å². The fraction of sp³-hybridized carbons (Fsp3) is 0.188. The molecule has 1 aliphatic rings. The maximum atomic E-state index is 13.2. The third-order valence-corrected chi connectivity index (χ3v) is 7.79. The molecule has 0 radical (unpaired) electrons. The van der Waals surface area contributed by atoms with E-state index in [4.69, 9.17) is 4.74 Å². The molecular weight excluding hydrogens is 540 g/mol. The predicted octanol–water partition coefficient (Wildman–Crippen LogP) is 5.22. The Labute approximate surface area is 241 Å². The van der Waals surface area contributed by atoms with Crippen LogP contribution in [0.1, 0.15) is 21.5 Å². The second-order valence-electron chi connectivity index (χ2n) is 9.73. The molecule has 4 aromatic carbocycles. The van der Waals surface area contributed by atoms with Crippen LogP contribution in [-0.4, -0.2) is 53.9 Å². The number of carbonyl (C=O) groups is 4. The average molecular weight is 569 g/mol. The van der Waals surface area contributed by atoms with E-state index in [1.807, 2.05) is 66.7 Å². The standard InChI is InChI=1S/C32H28N2O6S/c1-34(31(37)26-11-10-25-17-27(13-12-24(25)16-26)40-19-29(35)39-2)18-21-4-3-5-23(14-21)22-8-6-20(7-9-22)15-28-30(36)33-32(38)41-28/h3-14,16-17,28H,15,18-19H2,1-2H3,(H,33,36,38). The number of hydrogen-bond donors (Lipinski definition) is 1. The second-order valence-corrected chi connectivity index (χ2v) is 10.9. The molecule has 1 unspecified atom stereocenters. The molecule has 0 aliphatic carbocycles. The molecule has 8 nitrogen and oxygen atoms in total. The Hall–Kier alpha value is -4.63. The largest absolute Gasteiger partial charge is 0.482 e. The van der Waals surface area contributed by atoms with Gasteiger partial charge in [-0.1, -0.05) is 66.4 Å². The van der Waals surface area contributed by atoms with E-state index < -0.39 is 11.2 Å². The highest BCUT2D eigenvalue weighted by atomic mass is 32.2. The van der Waals surface area contributed by atoms with Crippen LogP contribution < -0.4 is 10.1 Å². The lowest BCUT2D eigenvalue weighted by Gasteiger charge is -2.18. The van der Waals surface area contributed by atoms with Crippen LogP contribution in [0.15, 0.2) is 84.9 Å². The van der Waals surface area contributed by atoms with Crippen molar-refractivity contribution in [2.24, 2.45) is 0 Å². The molecule has 1 atom stereocenters. The molecule has 1 heterocycles. The number of ether oxygens (including phenoxy) is 2. The molecule has 1 saturated heterocycles. The van der Waals surface area contributed by atoms with Gasteiger partial charge in [-0.2, -0.15) is 0 Å². The Morgan fingerprint density at radius 1 is 0.878 bits per heavy atom. The van der Waals surface area contributed by atoms with Gasteiger partial charge in [0.25, 0.3) is 11.1 Å². The first-order valence-corrected chi connectivity index (χ1v) is 13.9. The Kier molecular flexibility index (Phi) is 8.35. The number of imide groups is 1. The van der Waals surface area contributed by atoms with Gasteiger partial charge >= 0.3 is 5.97 Å². The van der Waals surface area contributed by atoms with Gasteiger partial charge in [0.05, 0.1) is 12.4 Å². The Morgan fingerprint density at radius 3 is 2.37 bits per heavy atom. The van der Waals surface area contributed by atoms with E-state index in [1.54, 1.807) is 24.1 Å². The topological polar surface area (TPSA) is 102 Å². The number of fused-ring (bicyclic) bond motifs is 1. The zero-order valence-corrected chi connectivity index (χ0v) is 23.4. The van der Waals surface area contributed by atoms with Gasteiger partial charge in [-0.3, -0.25) is 19.7 Å². The van der Waals surface area contributed by atoms with Crippen LogP contribution in [0, 0.1) is 0 Å². The number of carbonyl (C=O) groups excluding carboxylic acids is 4. The number of benzene rings is 4. The number of rotatable bonds is 9. The van der Waals surface area contributed by atoms with Crippen molar-refractivity contribution in [2.45, 2.75) is 18.2 Å². The molecule has 1 aliphatic heterocycles. The molecule has 0 aromatic heterocycles. The third-order valence-electron chi connectivity index (χ3n) is 6.81. The highest BCUT2D eigenvalue weighted by Gasteiger charge is 2.31. The smallest absolute Gasteiger partial charge is 0.343 e. The van der Waals surface area contributed by atoms with Gasteiger partial charge in [0.2, 0.25) is 5.91 Å². The maximum absolute atomic E-state index is 13.2. The third kappa shape index (κ3) is 6.75. The summed E-state index contributed by atoms with van der Waals surface area (Å²) in [6, 6.07) is 26.9. The Balaban J connectivity index is 1.23. The number of nitrogens with zero attached hydrogens (tertiary/aromatic N) is 1. The summed E-state index contributed by atoms with van der Waals surface area (Å²) in [6.45, 7) is 0.268. The molecule has 9 heteroatoms. The van der Waals surface area contributed by atoms with Gasteiger partial charge in [0.1, 0.15) is 5.75 Å². The number of thioether (sulfide) groups is 1. The number of esters is 1. The minimum atomic E-state index is -0.456. The first kappa shape index (κ1) is 27.9. The van der Waals surface area contributed by atoms with Crippen molar-refractivity contribution in [1.82, 2.24) is 10.2 Å². The van der Waals surface area contributed by atoms with E-state index >= 15 is 0 Å². The summed E-state index contributed by atoms with van der Waals surface area (Å²) in [7, 11) is 3.09. The molecular formula is C32H28N2O6S. The van der Waals surface area contributed by atoms with E-state index in [-0.39, 0.29) is 23.7 Å². The summed E-state index contributed by atoms with van der Waals surface area (Å²) < 4.78 is 10.1. The van der Waals surface area contributed by atoms with Crippen LogP contribution in [0.25, 0.3) is 21.9 Å². The van der Waals surface area contributed by atoms with Crippen LogP contribution in [0.5, 0.6) is 5.75 Å². The first-order valence-electron chi connectivity index (χ1n) is 13.0. The number of amides is 3. The fourth-order valence-electron chi connectivity index (χ4n) is 4.64. The molecule has 4 aromatic rings. The van der Waals surface area contributed by atoms with Crippen molar-refractivity contribution in [1.29, 1.82) is 0 Å². The van der Waals surface area contributed by atoms with Crippen molar-refractivity contribution >= 4 is 45.6 Å². The molecule has 41 heavy (non-hydrogen) atoms. The van der Waals surface area contributed by atoms with Crippen LogP contribution in [0.3, 0.4) is 0 Å². The van der Waals surface area contributed by atoms with Crippen molar-refractivity contribution in [3.05, 3.63) is 102 Å². The van der Waals surface area contributed by atoms with E-state index in [1.165, 1.54) is 7.11 Å². The summed E-state index contributed by atoms with van der Waals surface area (Å²) >= 11 is 1.03. The summed E-state index contributed by atoms with van der Waals surface area (Å²) in [5.74, 6) is -0.247. The lowest BCUT2D eigenvalue weighted by molar-refractivity contribution is -0.142. The van der Waals surface area contributed by atoms with E-state index in [0.717, 1.165) is 44.8 Å². The van der Waals surface area contributed by atoms with Gasteiger partial charge in [-0.05, 0) is 69.8 Å². The number of methoxy groups -OCH3 is 1. The highest BCUT2D eigenvalue weighted by molar-refractivity contribution is 8.15. The zero-order valence-electron chi connectivity index (χ0n) is 22.6. The molecule has 208 valence electrons. The second kappa shape index (κ2) is 12.3. The number of nitrogens with one attached hydrogen (secondary N) is 1. The van der Waals surface area contributed by atoms with Gasteiger partial charge in [0.15, 0.2) is 6.61 Å². The van der Waals surface area contributed by atoms with Crippen molar-refractivity contribution in [2.75, 3.05) is 20.8 Å². The average Bonchev–Trinajstić information content (AvgIpc) is 3.31. The summed E-state index contributed by atoms with van der Waals surface area (Å²) in [6.07, 6.45) is 0.495. The van der Waals surface area contributed by atoms with Gasteiger partial charge in [-0.25, -0.2) is 4.79 Å². The Bertz CT molecular complexity index is 1640. The van der Waals surface area contributed by atoms with Crippen LogP contribution >= 0.6 is 11.8 Å². The lowest BCUT2D eigenvalue weighted by Crippen LogP contribution is -2.26. The maximum Gasteiger partial charge on any atom is 0.343 e. The first-order chi connectivity index (χ1) is 19.8. The molecule has 1 fully saturated rings. The summed E-state index contributed by atoms with van der Waals surface area (Å²) in [4.78, 5) is 49.5. The van der Waals surface area contributed by atoms with Crippen molar-refractivity contribution in [3.8, 4) is 16.9 Å². The summed E-state index contributed by atoms with van der Waals surface area (Å²) in [5.41, 5.74) is 4.60. The summed E-state index contributed by atoms with van der Waals surface area (Å²) in [5, 5.41) is 3.42. The van der Waals surface area contributed by atoms with Crippen LogP contribution in [-0.2, 0) is 27.3 Å². The lowest BCUT2D eigenvalue weighted by atomic mass is 10.00.